The minimum absolute atomic E-state index is 0.0585. The fourth-order valence-corrected chi connectivity index (χ4v) is 1.49. The van der Waals surface area contributed by atoms with Gasteiger partial charge in [0, 0.05) is 37.7 Å². The molecule has 4 nitrogen and oxygen atoms in total. The van der Waals surface area contributed by atoms with Gasteiger partial charge in [0.25, 0.3) is 0 Å². The van der Waals surface area contributed by atoms with Gasteiger partial charge in [-0.05, 0) is 12.5 Å². The average Bonchev–Trinajstić information content (AvgIpc) is 2.74. The van der Waals surface area contributed by atoms with Gasteiger partial charge in [-0.1, -0.05) is 6.07 Å². The molecule has 2 aromatic rings. The van der Waals surface area contributed by atoms with Crippen molar-refractivity contribution in [1.82, 2.24) is 14.1 Å². The summed E-state index contributed by atoms with van der Waals surface area (Å²) in [5.41, 5.74) is 0.0585. The number of aryl methyl sites for hydroxylation is 2. The molecule has 4 heteroatoms. The van der Waals surface area contributed by atoms with Crippen molar-refractivity contribution in [2.24, 2.45) is 0 Å². The van der Waals surface area contributed by atoms with Crippen molar-refractivity contribution in [3.63, 3.8) is 0 Å². The van der Waals surface area contributed by atoms with E-state index < -0.39 is 0 Å². The molecule has 2 heterocycles. The summed E-state index contributed by atoms with van der Waals surface area (Å²) in [6, 6.07) is 5.21. The largest absolute Gasteiger partial charge is 0.337 e. The lowest BCUT2D eigenvalue weighted by molar-refractivity contribution is 0.553. The molecule has 0 aliphatic heterocycles. The van der Waals surface area contributed by atoms with Gasteiger partial charge in [0.15, 0.2) is 0 Å². The SMILES string of the molecule is O=c1ccccn1CCCn1ccnc1. The predicted octanol–water partition coefficient (Wildman–Crippen LogP) is 1.14. The molecular formula is C11H13N3O. The third-order valence-corrected chi connectivity index (χ3v) is 2.27. The van der Waals surface area contributed by atoms with Gasteiger partial charge < -0.3 is 9.13 Å². The number of hydrogen-bond donors (Lipinski definition) is 0. The quantitative estimate of drug-likeness (QED) is 0.747. The monoisotopic (exact) mass is 203 g/mol. The molecular weight excluding hydrogens is 190 g/mol. The van der Waals surface area contributed by atoms with E-state index in [0.717, 1.165) is 19.5 Å². The first-order chi connectivity index (χ1) is 7.36. The van der Waals surface area contributed by atoms with E-state index in [1.54, 1.807) is 29.2 Å². The number of imidazole rings is 1. The van der Waals surface area contributed by atoms with Crippen LogP contribution in [-0.4, -0.2) is 14.1 Å². The van der Waals surface area contributed by atoms with Crippen molar-refractivity contribution in [3.8, 4) is 0 Å². The van der Waals surface area contributed by atoms with Gasteiger partial charge in [-0.15, -0.1) is 0 Å². The first-order valence-electron chi connectivity index (χ1n) is 4.97. The number of nitrogens with zero attached hydrogens (tertiary/aromatic N) is 3. The molecule has 0 amide bonds. The van der Waals surface area contributed by atoms with Crippen LogP contribution in [0.2, 0.25) is 0 Å². The molecule has 0 fully saturated rings. The Labute approximate surface area is 87.8 Å². The molecule has 0 aromatic carbocycles. The third-order valence-electron chi connectivity index (χ3n) is 2.27. The molecule has 2 rings (SSSR count). The van der Waals surface area contributed by atoms with Crippen LogP contribution in [-0.2, 0) is 13.1 Å². The van der Waals surface area contributed by atoms with Crippen molar-refractivity contribution in [1.29, 1.82) is 0 Å². The summed E-state index contributed by atoms with van der Waals surface area (Å²) >= 11 is 0. The highest BCUT2D eigenvalue weighted by Crippen LogP contribution is 1.93. The minimum atomic E-state index is 0.0585. The lowest BCUT2D eigenvalue weighted by atomic mass is 10.4. The number of rotatable bonds is 4. The molecule has 0 bridgehead atoms. The highest BCUT2D eigenvalue weighted by Gasteiger charge is 1.94. The van der Waals surface area contributed by atoms with E-state index in [2.05, 4.69) is 4.98 Å². The van der Waals surface area contributed by atoms with Crippen LogP contribution in [0.25, 0.3) is 0 Å². The van der Waals surface area contributed by atoms with Gasteiger partial charge in [-0.25, -0.2) is 4.98 Å². The smallest absolute Gasteiger partial charge is 0.250 e. The molecule has 78 valence electrons. The molecule has 0 aliphatic carbocycles. The van der Waals surface area contributed by atoms with Gasteiger partial charge in [-0.2, -0.15) is 0 Å². The Morgan fingerprint density at radius 2 is 2.13 bits per heavy atom. The van der Waals surface area contributed by atoms with E-state index in [-0.39, 0.29) is 5.56 Å². The van der Waals surface area contributed by atoms with Crippen molar-refractivity contribution < 1.29 is 0 Å². The molecule has 0 atom stereocenters. The Morgan fingerprint density at radius 3 is 2.87 bits per heavy atom. The van der Waals surface area contributed by atoms with Crippen LogP contribution in [0.1, 0.15) is 6.42 Å². The van der Waals surface area contributed by atoms with E-state index in [1.165, 1.54) is 0 Å². The zero-order valence-electron chi connectivity index (χ0n) is 8.41. The second kappa shape index (κ2) is 4.59. The van der Waals surface area contributed by atoms with Gasteiger partial charge in [-0.3, -0.25) is 4.79 Å². The van der Waals surface area contributed by atoms with Crippen molar-refractivity contribution in [3.05, 3.63) is 53.5 Å². The van der Waals surface area contributed by atoms with Crippen molar-refractivity contribution in [2.45, 2.75) is 19.5 Å². The predicted molar refractivity (Wildman–Crippen MR) is 57.5 cm³/mol. The highest BCUT2D eigenvalue weighted by molar-refractivity contribution is 4.92. The lowest BCUT2D eigenvalue weighted by Gasteiger charge is -2.04. The molecule has 0 spiro atoms. The normalized spacial score (nSPS) is 10.4. The summed E-state index contributed by atoms with van der Waals surface area (Å²) in [6.07, 6.45) is 8.22. The molecule has 0 unspecified atom stereocenters. The number of pyridine rings is 1. The van der Waals surface area contributed by atoms with E-state index in [0.29, 0.717) is 0 Å². The van der Waals surface area contributed by atoms with Crippen LogP contribution in [0.15, 0.2) is 47.9 Å². The maximum Gasteiger partial charge on any atom is 0.250 e. The van der Waals surface area contributed by atoms with Crippen LogP contribution >= 0.6 is 0 Å². The number of aromatic nitrogens is 3. The van der Waals surface area contributed by atoms with Gasteiger partial charge >= 0.3 is 0 Å². The summed E-state index contributed by atoms with van der Waals surface area (Å²) in [6.45, 7) is 1.64. The third kappa shape index (κ3) is 2.56. The number of hydrogen-bond acceptors (Lipinski definition) is 2. The molecule has 0 saturated heterocycles. The van der Waals surface area contributed by atoms with Crippen LogP contribution < -0.4 is 5.56 Å². The Kier molecular flexibility index (Phi) is 2.97. The first kappa shape index (κ1) is 9.71. The summed E-state index contributed by atoms with van der Waals surface area (Å²) in [7, 11) is 0. The van der Waals surface area contributed by atoms with E-state index in [4.69, 9.17) is 0 Å². The van der Waals surface area contributed by atoms with Crippen LogP contribution in [0.3, 0.4) is 0 Å². The molecule has 15 heavy (non-hydrogen) atoms. The standard InChI is InChI=1S/C11H13N3O/c15-11-4-1-2-7-14(11)8-3-6-13-9-5-12-10-13/h1-2,4-5,7,9-10H,3,6,8H2. The second-order valence-corrected chi connectivity index (χ2v) is 3.39. The summed E-state index contributed by atoms with van der Waals surface area (Å²) in [5.74, 6) is 0. The Hall–Kier alpha value is -1.84. The van der Waals surface area contributed by atoms with E-state index in [9.17, 15) is 4.79 Å². The highest BCUT2D eigenvalue weighted by atomic mass is 16.1. The summed E-state index contributed by atoms with van der Waals surface area (Å²) in [5, 5.41) is 0. The van der Waals surface area contributed by atoms with E-state index >= 15 is 0 Å². The van der Waals surface area contributed by atoms with Crippen molar-refractivity contribution >= 4 is 0 Å². The average molecular weight is 203 g/mol. The lowest BCUT2D eigenvalue weighted by Crippen LogP contribution is -2.18. The summed E-state index contributed by atoms with van der Waals surface area (Å²) in [4.78, 5) is 15.3. The molecule has 2 aromatic heterocycles. The zero-order chi connectivity index (χ0) is 10.5. The molecule has 0 radical (unpaired) electrons. The molecule has 0 saturated carbocycles. The first-order valence-corrected chi connectivity index (χ1v) is 4.97. The topological polar surface area (TPSA) is 39.8 Å². The van der Waals surface area contributed by atoms with Crippen LogP contribution in [0.5, 0.6) is 0 Å². The summed E-state index contributed by atoms with van der Waals surface area (Å²) < 4.78 is 3.73. The van der Waals surface area contributed by atoms with Crippen molar-refractivity contribution in [2.75, 3.05) is 0 Å². The zero-order valence-corrected chi connectivity index (χ0v) is 8.41. The maximum atomic E-state index is 11.4. The van der Waals surface area contributed by atoms with Gasteiger partial charge in [0.2, 0.25) is 5.56 Å². The Bertz CT molecular complexity index is 459. The minimum Gasteiger partial charge on any atom is -0.337 e. The molecule has 0 N–H and O–H groups in total. The van der Waals surface area contributed by atoms with Gasteiger partial charge in [0.05, 0.1) is 6.33 Å². The van der Waals surface area contributed by atoms with Gasteiger partial charge in [0.1, 0.15) is 0 Å². The van der Waals surface area contributed by atoms with Crippen LogP contribution in [0, 0.1) is 0 Å². The Balaban J connectivity index is 1.89. The van der Waals surface area contributed by atoms with E-state index in [1.807, 2.05) is 23.0 Å². The van der Waals surface area contributed by atoms with Crippen LogP contribution in [0.4, 0.5) is 0 Å². The molecule has 0 aliphatic rings. The fraction of sp³-hybridized carbons (Fsp3) is 0.273. The maximum absolute atomic E-state index is 11.4. The Morgan fingerprint density at radius 1 is 1.20 bits per heavy atom. The second-order valence-electron chi connectivity index (χ2n) is 3.39. The fourth-order valence-electron chi connectivity index (χ4n) is 1.49.